The Morgan fingerprint density at radius 1 is 1.08 bits per heavy atom. The maximum atomic E-state index is 16.6. The first-order valence-corrected chi connectivity index (χ1v) is 17.2. The van der Waals surface area contributed by atoms with Gasteiger partial charge in [0.25, 0.3) is 5.91 Å². The van der Waals surface area contributed by atoms with Crippen molar-refractivity contribution in [3.05, 3.63) is 64.2 Å². The van der Waals surface area contributed by atoms with Crippen molar-refractivity contribution in [3.8, 4) is 17.2 Å². The van der Waals surface area contributed by atoms with E-state index in [2.05, 4.69) is 27.5 Å². The molecule has 3 aliphatic rings. The van der Waals surface area contributed by atoms with Crippen molar-refractivity contribution in [2.24, 2.45) is 0 Å². The topological polar surface area (TPSA) is 134 Å². The van der Waals surface area contributed by atoms with Crippen LogP contribution in [0, 0.1) is 5.82 Å². The van der Waals surface area contributed by atoms with Gasteiger partial charge in [0.1, 0.15) is 22.4 Å². The molecule has 3 aromatic carbocycles. The Bertz CT molecular complexity index is 2050. The van der Waals surface area contributed by atoms with Gasteiger partial charge in [0.2, 0.25) is 5.43 Å². The largest absolute Gasteiger partial charge is 0.451 e. The Labute approximate surface area is 289 Å². The number of carbonyl (C=O) groups excluding carboxylic acids is 2. The summed E-state index contributed by atoms with van der Waals surface area (Å²) in [5.41, 5.74) is 5.61. The fourth-order valence-electron chi connectivity index (χ4n) is 7.08. The summed E-state index contributed by atoms with van der Waals surface area (Å²) in [4.78, 5) is 46.6. The summed E-state index contributed by atoms with van der Waals surface area (Å²) in [6.07, 6.45) is 2.21. The van der Waals surface area contributed by atoms with Gasteiger partial charge in [0, 0.05) is 52.0 Å². The number of hydrogen-bond donors (Lipinski definition) is 3. The van der Waals surface area contributed by atoms with Crippen LogP contribution >= 0.6 is 0 Å². The first kappa shape index (κ1) is 33.6. The molecule has 50 heavy (non-hydrogen) atoms. The second-order valence-electron chi connectivity index (χ2n) is 14.5. The molecule has 1 unspecified atom stereocenters. The standard InChI is InChI=1S/C37H44FN7O5/c1-37(2,3)50-36(48)41-24-10-13-44(20-24)32-29(38)30(39)28-31-34(32)49-27-19-23-9-6-5-8-22(23)18-26(27)45(31)21-25(33(28)46)35(47)40-11-7-12-43-16-14-42(4)15-17-43/h5-6,8-9,18-19,21,24H,7,10-17,20,39H2,1-4H3,(H,40,47)(H,41,48). The smallest absolute Gasteiger partial charge is 0.407 e. The molecule has 2 amide bonds. The zero-order valence-corrected chi connectivity index (χ0v) is 29.0. The molecule has 0 spiro atoms. The number of alkyl carbamates (subject to hydrolysis) is 1. The molecule has 4 heterocycles. The average Bonchev–Trinajstić information content (AvgIpc) is 3.52. The van der Waals surface area contributed by atoms with Gasteiger partial charge >= 0.3 is 6.09 Å². The summed E-state index contributed by atoms with van der Waals surface area (Å²) in [6, 6.07) is 11.2. The quantitative estimate of drug-likeness (QED) is 0.168. The number of nitrogens with two attached hydrogens (primary N) is 1. The molecule has 0 aliphatic carbocycles. The van der Waals surface area contributed by atoms with Gasteiger partial charge in [-0.3, -0.25) is 9.59 Å². The summed E-state index contributed by atoms with van der Waals surface area (Å²) < 4.78 is 30.2. The molecule has 7 rings (SSSR count). The van der Waals surface area contributed by atoms with Crippen LogP contribution in [0.5, 0.6) is 11.5 Å². The Morgan fingerprint density at radius 2 is 1.80 bits per heavy atom. The van der Waals surface area contributed by atoms with Crippen LogP contribution in [0.15, 0.2) is 47.4 Å². The number of aromatic nitrogens is 1. The van der Waals surface area contributed by atoms with Crippen molar-refractivity contribution in [1.82, 2.24) is 25.0 Å². The summed E-state index contributed by atoms with van der Waals surface area (Å²) in [6.45, 7) is 11.2. The van der Waals surface area contributed by atoms with Crippen LogP contribution in [0.2, 0.25) is 0 Å². The Balaban J connectivity index is 1.26. The summed E-state index contributed by atoms with van der Waals surface area (Å²) in [5, 5.41) is 7.49. The number of anilines is 2. The van der Waals surface area contributed by atoms with Crippen LogP contribution in [0.25, 0.3) is 27.4 Å². The van der Waals surface area contributed by atoms with Crippen molar-refractivity contribution in [1.29, 1.82) is 0 Å². The number of nitrogens with zero attached hydrogens (tertiary/aromatic N) is 4. The molecular formula is C37H44FN7O5. The van der Waals surface area contributed by atoms with E-state index in [1.54, 1.807) is 30.2 Å². The minimum absolute atomic E-state index is 0.0940. The number of hydrogen-bond acceptors (Lipinski definition) is 9. The van der Waals surface area contributed by atoms with Crippen LogP contribution in [0.3, 0.4) is 0 Å². The summed E-state index contributed by atoms with van der Waals surface area (Å²) in [5.74, 6) is -0.798. The molecule has 1 atom stereocenters. The molecule has 3 aliphatic heterocycles. The van der Waals surface area contributed by atoms with Gasteiger partial charge in [-0.25, -0.2) is 9.18 Å². The predicted molar refractivity (Wildman–Crippen MR) is 192 cm³/mol. The number of pyridine rings is 1. The highest BCUT2D eigenvalue weighted by atomic mass is 19.1. The number of likely N-dealkylation sites (N-methyl/N-ethyl adjacent to an activating group) is 1. The second kappa shape index (κ2) is 13.1. The van der Waals surface area contributed by atoms with Crippen molar-refractivity contribution in [2.75, 3.05) is 70.0 Å². The number of carbonyl (C=O) groups is 2. The third-order valence-electron chi connectivity index (χ3n) is 9.65. The number of fused-ring (bicyclic) bond motifs is 3. The molecule has 0 saturated carbocycles. The SMILES string of the molecule is CN1CCN(CCCNC(=O)c2cn3c4c(c(N5CCC(NC(=O)OC(C)(C)C)C5)c(F)c(N)c4c2=O)Oc2cc4ccccc4cc2-3)CC1. The Morgan fingerprint density at radius 3 is 2.52 bits per heavy atom. The molecular weight excluding hydrogens is 641 g/mol. The number of piperazine rings is 1. The molecule has 0 radical (unpaired) electrons. The fourth-order valence-corrected chi connectivity index (χ4v) is 7.08. The molecule has 4 aromatic rings. The maximum Gasteiger partial charge on any atom is 0.407 e. The van der Waals surface area contributed by atoms with Crippen LogP contribution in [0.1, 0.15) is 44.0 Å². The van der Waals surface area contributed by atoms with Crippen molar-refractivity contribution in [3.63, 3.8) is 0 Å². The lowest BCUT2D eigenvalue weighted by molar-refractivity contribution is 0.0508. The molecule has 1 aromatic heterocycles. The van der Waals surface area contributed by atoms with Crippen LogP contribution < -0.4 is 31.4 Å². The third kappa shape index (κ3) is 6.42. The minimum atomic E-state index is -0.817. The molecule has 4 N–H and O–H groups in total. The van der Waals surface area contributed by atoms with E-state index in [4.69, 9.17) is 15.2 Å². The highest BCUT2D eigenvalue weighted by Gasteiger charge is 2.36. The number of nitrogen functional groups attached to an aromatic ring is 1. The van der Waals surface area contributed by atoms with E-state index in [0.717, 1.165) is 49.9 Å². The average molecular weight is 686 g/mol. The van der Waals surface area contributed by atoms with Gasteiger partial charge in [0.15, 0.2) is 17.3 Å². The zero-order valence-electron chi connectivity index (χ0n) is 29.0. The first-order valence-electron chi connectivity index (χ1n) is 17.2. The lowest BCUT2D eigenvalue weighted by Gasteiger charge is -2.32. The molecule has 13 heteroatoms. The number of halogens is 1. The van der Waals surface area contributed by atoms with Crippen LogP contribution in [0.4, 0.5) is 20.6 Å². The number of amides is 2. The van der Waals surface area contributed by atoms with E-state index in [1.165, 1.54) is 6.20 Å². The Kier molecular flexibility index (Phi) is 8.81. The highest BCUT2D eigenvalue weighted by molar-refractivity contribution is 6.06. The van der Waals surface area contributed by atoms with Gasteiger partial charge in [0.05, 0.1) is 22.8 Å². The number of benzene rings is 3. The first-order chi connectivity index (χ1) is 23.9. The zero-order chi connectivity index (χ0) is 35.3. The van der Waals surface area contributed by atoms with Gasteiger partial charge in [-0.15, -0.1) is 0 Å². The third-order valence-corrected chi connectivity index (χ3v) is 9.65. The molecule has 264 valence electrons. The van der Waals surface area contributed by atoms with Gasteiger partial charge < -0.3 is 45.1 Å². The lowest BCUT2D eigenvalue weighted by atomic mass is 10.0. The minimum Gasteiger partial charge on any atom is -0.451 e. The second-order valence-corrected chi connectivity index (χ2v) is 14.5. The van der Waals surface area contributed by atoms with Crippen molar-refractivity contribution >= 4 is 45.1 Å². The van der Waals surface area contributed by atoms with E-state index >= 15 is 4.39 Å². The van der Waals surface area contributed by atoms with Gasteiger partial charge in [-0.2, -0.15) is 0 Å². The van der Waals surface area contributed by atoms with Gasteiger partial charge in [-0.05, 0) is 70.1 Å². The molecule has 2 fully saturated rings. The highest BCUT2D eigenvalue weighted by Crippen LogP contribution is 2.50. The maximum absolute atomic E-state index is 16.6. The molecule has 12 nitrogen and oxygen atoms in total. The number of nitrogens with one attached hydrogen (secondary N) is 2. The summed E-state index contributed by atoms with van der Waals surface area (Å²) in [7, 11) is 2.11. The van der Waals surface area contributed by atoms with E-state index in [9.17, 15) is 14.4 Å². The number of ether oxygens (including phenoxy) is 2. The Hall–Kier alpha value is -4.88. The monoisotopic (exact) mass is 685 g/mol. The van der Waals surface area contributed by atoms with E-state index in [0.29, 0.717) is 30.9 Å². The van der Waals surface area contributed by atoms with Gasteiger partial charge in [-0.1, -0.05) is 24.3 Å². The van der Waals surface area contributed by atoms with Crippen LogP contribution in [-0.2, 0) is 4.74 Å². The predicted octanol–water partition coefficient (Wildman–Crippen LogP) is 4.44. The molecule has 0 bridgehead atoms. The van der Waals surface area contributed by atoms with E-state index in [1.807, 2.05) is 36.4 Å². The fraction of sp³-hybridized carbons (Fsp3) is 0.432. The van der Waals surface area contributed by atoms with Crippen molar-refractivity contribution < 1.29 is 23.5 Å². The van der Waals surface area contributed by atoms with Crippen molar-refractivity contribution in [2.45, 2.75) is 45.3 Å². The summed E-state index contributed by atoms with van der Waals surface area (Å²) >= 11 is 0. The van der Waals surface area contributed by atoms with E-state index in [-0.39, 0.29) is 46.2 Å². The lowest BCUT2D eigenvalue weighted by Crippen LogP contribution is -2.45. The van der Waals surface area contributed by atoms with Crippen LogP contribution in [-0.4, -0.2) is 97.4 Å². The molecule has 2 saturated heterocycles. The van der Waals surface area contributed by atoms with E-state index < -0.39 is 28.8 Å². The normalized spacial score (nSPS) is 17.9. The number of rotatable bonds is 7.